The van der Waals surface area contributed by atoms with Crippen LogP contribution >= 0.6 is 0 Å². The zero-order valence-corrected chi connectivity index (χ0v) is 14.0. The number of hydrogen-bond acceptors (Lipinski definition) is 4. The van der Waals surface area contributed by atoms with E-state index in [0.717, 1.165) is 16.6 Å². The summed E-state index contributed by atoms with van der Waals surface area (Å²) in [4.78, 5) is 0. The van der Waals surface area contributed by atoms with Crippen molar-refractivity contribution in [1.29, 1.82) is 0 Å². The highest BCUT2D eigenvalue weighted by Gasteiger charge is 2.38. The molecule has 0 radical (unpaired) electrons. The van der Waals surface area contributed by atoms with Gasteiger partial charge in [0.15, 0.2) is 9.84 Å². The number of aryl methyl sites for hydroxylation is 1. The largest absolute Gasteiger partial charge is 0.315 e. The van der Waals surface area contributed by atoms with Crippen molar-refractivity contribution in [2.75, 3.05) is 13.3 Å². The Kier molecular flexibility index (Phi) is 4.13. The molecule has 116 valence electrons. The van der Waals surface area contributed by atoms with E-state index in [4.69, 9.17) is 0 Å². The molecule has 1 atom stereocenters. The number of sulfone groups is 1. The molecule has 0 saturated heterocycles. The standard InChI is InChI=1S/C15H23N3O2S/c1-15(2,21(5,19)20)14(16-3)10-12-11-8-6-7-9-13(11)18(4)17-12/h6-9,14,16H,10H2,1-5H3. The molecule has 0 spiro atoms. The lowest BCUT2D eigenvalue weighted by Crippen LogP contribution is -2.51. The molecule has 1 N–H and O–H groups in total. The zero-order valence-electron chi connectivity index (χ0n) is 13.2. The Morgan fingerprint density at radius 3 is 2.52 bits per heavy atom. The third-order valence-corrected chi connectivity index (χ3v) is 6.57. The minimum atomic E-state index is -3.18. The summed E-state index contributed by atoms with van der Waals surface area (Å²) in [6.45, 7) is 3.52. The third kappa shape index (κ3) is 2.82. The van der Waals surface area contributed by atoms with Crippen LogP contribution < -0.4 is 5.32 Å². The van der Waals surface area contributed by atoms with Crippen LogP contribution in [0.25, 0.3) is 10.9 Å². The fourth-order valence-corrected chi connectivity index (χ4v) is 3.30. The number of aromatic nitrogens is 2. The highest BCUT2D eigenvalue weighted by atomic mass is 32.2. The van der Waals surface area contributed by atoms with Crippen LogP contribution in [0.1, 0.15) is 19.5 Å². The Hall–Kier alpha value is -1.40. The number of benzene rings is 1. The molecule has 0 aliphatic rings. The molecule has 0 aliphatic carbocycles. The van der Waals surface area contributed by atoms with Crippen LogP contribution in [-0.2, 0) is 23.3 Å². The van der Waals surface area contributed by atoms with Gasteiger partial charge in [0.2, 0.25) is 0 Å². The molecule has 2 rings (SSSR count). The first-order valence-electron chi connectivity index (χ1n) is 6.96. The first-order chi connectivity index (χ1) is 9.68. The van der Waals surface area contributed by atoms with Gasteiger partial charge in [-0.15, -0.1) is 0 Å². The Balaban J connectivity index is 2.43. The van der Waals surface area contributed by atoms with Crippen LogP contribution in [0.15, 0.2) is 24.3 Å². The quantitative estimate of drug-likeness (QED) is 0.910. The summed E-state index contributed by atoms with van der Waals surface area (Å²) >= 11 is 0. The van der Waals surface area contributed by atoms with E-state index >= 15 is 0 Å². The zero-order chi connectivity index (χ0) is 15.8. The van der Waals surface area contributed by atoms with E-state index in [2.05, 4.69) is 10.4 Å². The predicted molar refractivity (Wildman–Crippen MR) is 86.2 cm³/mol. The van der Waals surface area contributed by atoms with Crippen molar-refractivity contribution in [2.45, 2.75) is 31.1 Å². The highest BCUT2D eigenvalue weighted by molar-refractivity contribution is 7.92. The summed E-state index contributed by atoms with van der Waals surface area (Å²) in [5.41, 5.74) is 1.98. The van der Waals surface area contributed by atoms with Gasteiger partial charge in [0.05, 0.1) is 16.0 Å². The fraction of sp³-hybridized carbons (Fsp3) is 0.533. The van der Waals surface area contributed by atoms with Gasteiger partial charge in [-0.05, 0) is 27.0 Å². The van der Waals surface area contributed by atoms with Gasteiger partial charge in [0.1, 0.15) is 0 Å². The molecule has 1 aromatic heterocycles. The Bertz CT molecular complexity index is 747. The molecule has 21 heavy (non-hydrogen) atoms. The molecule has 1 unspecified atom stereocenters. The van der Waals surface area contributed by atoms with Gasteiger partial charge in [-0.3, -0.25) is 4.68 Å². The van der Waals surface area contributed by atoms with Crippen molar-refractivity contribution in [2.24, 2.45) is 7.05 Å². The minimum absolute atomic E-state index is 0.203. The average molecular weight is 309 g/mol. The molecular weight excluding hydrogens is 286 g/mol. The van der Waals surface area contributed by atoms with Crippen molar-refractivity contribution in [3.8, 4) is 0 Å². The lowest BCUT2D eigenvalue weighted by atomic mass is 9.97. The molecule has 0 amide bonds. The van der Waals surface area contributed by atoms with E-state index < -0.39 is 14.6 Å². The molecular formula is C15H23N3O2S. The molecule has 0 aliphatic heterocycles. The summed E-state index contributed by atoms with van der Waals surface area (Å²) < 4.78 is 25.1. The maximum atomic E-state index is 12.0. The Morgan fingerprint density at radius 1 is 1.33 bits per heavy atom. The summed E-state index contributed by atoms with van der Waals surface area (Å²) in [6.07, 6.45) is 1.85. The number of para-hydroxylation sites is 1. The van der Waals surface area contributed by atoms with E-state index in [9.17, 15) is 8.42 Å². The second-order valence-electron chi connectivity index (χ2n) is 6.01. The molecule has 6 heteroatoms. The third-order valence-electron chi connectivity index (χ3n) is 4.38. The van der Waals surface area contributed by atoms with Crippen LogP contribution in [-0.4, -0.2) is 42.3 Å². The summed E-state index contributed by atoms with van der Waals surface area (Å²) in [6, 6.07) is 7.79. The number of nitrogens with zero attached hydrogens (tertiary/aromatic N) is 2. The highest BCUT2D eigenvalue weighted by Crippen LogP contribution is 2.25. The van der Waals surface area contributed by atoms with E-state index in [0.29, 0.717) is 6.42 Å². The fourth-order valence-electron chi connectivity index (χ4n) is 2.59. The summed E-state index contributed by atoms with van der Waals surface area (Å²) in [5, 5.41) is 8.77. The molecule has 2 aromatic rings. The SMILES string of the molecule is CNC(Cc1nn(C)c2ccccc12)C(C)(C)S(C)(=O)=O. The Morgan fingerprint density at radius 2 is 1.95 bits per heavy atom. The second-order valence-corrected chi connectivity index (χ2v) is 8.60. The van der Waals surface area contributed by atoms with Gasteiger partial charge in [-0.25, -0.2) is 8.42 Å². The monoisotopic (exact) mass is 309 g/mol. The normalized spacial score (nSPS) is 14.5. The van der Waals surface area contributed by atoms with Gasteiger partial charge >= 0.3 is 0 Å². The molecule has 1 aromatic carbocycles. The second kappa shape index (κ2) is 5.42. The molecule has 1 heterocycles. The smallest absolute Gasteiger partial charge is 0.154 e. The van der Waals surface area contributed by atoms with Crippen LogP contribution in [0, 0.1) is 0 Å². The summed E-state index contributed by atoms with van der Waals surface area (Å²) in [5.74, 6) is 0. The lowest BCUT2D eigenvalue weighted by Gasteiger charge is -2.32. The van der Waals surface area contributed by atoms with Gasteiger partial charge in [0, 0.05) is 31.2 Å². The maximum absolute atomic E-state index is 12.0. The number of fused-ring (bicyclic) bond motifs is 1. The van der Waals surface area contributed by atoms with E-state index in [1.165, 1.54) is 6.26 Å². The van der Waals surface area contributed by atoms with Crippen molar-refractivity contribution in [3.05, 3.63) is 30.0 Å². The van der Waals surface area contributed by atoms with Crippen LogP contribution in [0.2, 0.25) is 0 Å². The van der Waals surface area contributed by atoms with Crippen LogP contribution in [0.4, 0.5) is 0 Å². The molecule has 5 nitrogen and oxygen atoms in total. The van der Waals surface area contributed by atoms with E-state index in [1.807, 2.05) is 36.0 Å². The predicted octanol–water partition coefficient (Wildman–Crippen LogP) is 1.53. The van der Waals surface area contributed by atoms with Gasteiger partial charge in [-0.2, -0.15) is 5.10 Å². The maximum Gasteiger partial charge on any atom is 0.154 e. The van der Waals surface area contributed by atoms with Crippen molar-refractivity contribution in [3.63, 3.8) is 0 Å². The molecule has 0 fully saturated rings. The summed E-state index contributed by atoms with van der Waals surface area (Å²) in [7, 11) is 0.522. The van der Waals surface area contributed by atoms with Crippen molar-refractivity contribution < 1.29 is 8.42 Å². The Labute approximate surface area is 126 Å². The first-order valence-corrected chi connectivity index (χ1v) is 8.85. The molecule has 0 saturated carbocycles. The number of rotatable bonds is 5. The minimum Gasteiger partial charge on any atom is -0.315 e. The number of likely N-dealkylation sites (N-methyl/N-ethyl adjacent to an activating group) is 1. The van der Waals surface area contributed by atoms with Crippen LogP contribution in [0.5, 0.6) is 0 Å². The van der Waals surface area contributed by atoms with Crippen molar-refractivity contribution in [1.82, 2.24) is 15.1 Å². The topological polar surface area (TPSA) is 64.0 Å². The van der Waals surface area contributed by atoms with Gasteiger partial charge in [-0.1, -0.05) is 18.2 Å². The molecule has 0 bridgehead atoms. The first kappa shape index (κ1) is 16.0. The van der Waals surface area contributed by atoms with Gasteiger partial charge in [0.25, 0.3) is 0 Å². The van der Waals surface area contributed by atoms with E-state index in [1.54, 1.807) is 20.9 Å². The van der Waals surface area contributed by atoms with E-state index in [-0.39, 0.29) is 6.04 Å². The number of nitrogens with one attached hydrogen (secondary N) is 1. The van der Waals surface area contributed by atoms with Crippen molar-refractivity contribution >= 4 is 20.7 Å². The van der Waals surface area contributed by atoms with Crippen LogP contribution in [0.3, 0.4) is 0 Å². The average Bonchev–Trinajstić information content (AvgIpc) is 2.72. The lowest BCUT2D eigenvalue weighted by molar-refractivity contribution is 0.427. The number of hydrogen-bond donors (Lipinski definition) is 1. The van der Waals surface area contributed by atoms with Gasteiger partial charge < -0.3 is 5.32 Å².